The zero-order valence-electron chi connectivity index (χ0n) is 17.5. The van der Waals surface area contributed by atoms with Crippen molar-refractivity contribution in [3.05, 3.63) is 23.0 Å². The largest absolute Gasteiger partial charge is 0.417 e. The number of pyridine rings is 1. The second-order valence-corrected chi connectivity index (χ2v) is 8.59. The van der Waals surface area contributed by atoms with Crippen molar-refractivity contribution in [2.24, 2.45) is 0 Å². The van der Waals surface area contributed by atoms with Crippen molar-refractivity contribution in [2.45, 2.75) is 57.5 Å². The molecular formula is C21H25F3N4O3. The number of carbonyl (C=O) groups excluding carboxylic acids is 2. The van der Waals surface area contributed by atoms with Gasteiger partial charge in [0.05, 0.1) is 23.2 Å². The van der Waals surface area contributed by atoms with E-state index in [1.165, 1.54) is 4.90 Å². The van der Waals surface area contributed by atoms with Crippen molar-refractivity contribution >= 4 is 22.9 Å². The van der Waals surface area contributed by atoms with Crippen molar-refractivity contribution in [2.75, 3.05) is 26.2 Å². The molecule has 2 saturated heterocycles. The molecule has 2 aromatic rings. The average Bonchev–Trinajstić information content (AvgIpc) is 3.32. The number of aromatic nitrogens is 2. The molecule has 0 unspecified atom stereocenters. The summed E-state index contributed by atoms with van der Waals surface area (Å²) in [5.41, 5.74) is -0.443. The number of fused-ring (bicyclic) bond motifs is 1. The molecule has 1 atom stereocenters. The van der Waals surface area contributed by atoms with Crippen LogP contribution in [0.3, 0.4) is 0 Å². The first kappa shape index (κ1) is 21.6. The Morgan fingerprint density at radius 2 is 2.06 bits per heavy atom. The van der Waals surface area contributed by atoms with Gasteiger partial charge < -0.3 is 14.3 Å². The Morgan fingerprint density at radius 1 is 1.29 bits per heavy atom. The number of halogens is 3. The molecule has 0 aromatic carbocycles. The third-order valence-electron chi connectivity index (χ3n) is 6.05. The second kappa shape index (κ2) is 8.12. The predicted octanol–water partition coefficient (Wildman–Crippen LogP) is 3.69. The molecule has 0 saturated carbocycles. The molecule has 168 valence electrons. The summed E-state index contributed by atoms with van der Waals surface area (Å²) in [5, 5.41) is 3.84. The van der Waals surface area contributed by atoms with Crippen molar-refractivity contribution in [3.63, 3.8) is 0 Å². The predicted molar refractivity (Wildman–Crippen MR) is 105 cm³/mol. The number of piperidine rings is 1. The van der Waals surface area contributed by atoms with E-state index in [0.717, 1.165) is 12.5 Å². The van der Waals surface area contributed by atoms with Crippen LogP contribution in [-0.4, -0.2) is 57.9 Å². The van der Waals surface area contributed by atoms with Gasteiger partial charge in [-0.1, -0.05) is 19.0 Å². The molecule has 4 rings (SSSR count). The van der Waals surface area contributed by atoms with E-state index >= 15 is 0 Å². The first-order chi connectivity index (χ1) is 14.6. The van der Waals surface area contributed by atoms with Crippen LogP contribution in [0.15, 0.2) is 10.6 Å². The zero-order chi connectivity index (χ0) is 22.3. The molecule has 0 aliphatic carbocycles. The lowest BCUT2D eigenvalue weighted by molar-refractivity contribution is -0.139. The summed E-state index contributed by atoms with van der Waals surface area (Å²) >= 11 is 0. The number of rotatable bonds is 4. The molecule has 31 heavy (non-hydrogen) atoms. The van der Waals surface area contributed by atoms with Gasteiger partial charge in [-0.2, -0.15) is 13.2 Å². The van der Waals surface area contributed by atoms with Gasteiger partial charge in [-0.05, 0) is 31.2 Å². The SMILES string of the molecule is CC(C)c1cc(C(F)(F)F)c2c([C@H]3CCCN(C(=O)CN4CCCC4=O)C3)noc2n1. The van der Waals surface area contributed by atoms with Gasteiger partial charge in [0, 0.05) is 37.7 Å². The van der Waals surface area contributed by atoms with Crippen molar-refractivity contribution in [1.82, 2.24) is 19.9 Å². The van der Waals surface area contributed by atoms with Gasteiger partial charge in [0.1, 0.15) is 0 Å². The van der Waals surface area contributed by atoms with Crippen LogP contribution < -0.4 is 0 Å². The van der Waals surface area contributed by atoms with Crippen molar-refractivity contribution < 1.29 is 27.3 Å². The first-order valence-electron chi connectivity index (χ1n) is 10.6. The Balaban J connectivity index is 1.62. The Hall–Kier alpha value is -2.65. The summed E-state index contributed by atoms with van der Waals surface area (Å²) in [5.74, 6) is -0.813. The standard InChI is InChI=1S/C21H25F3N4O3/c1-12(2)15-9-14(21(22,23)24)18-19(26-31-20(18)25-15)13-5-3-7-27(10-13)17(30)11-28-8-4-6-16(28)29/h9,12-13H,3-8,10-11H2,1-2H3/t13-/m0/s1. The number of likely N-dealkylation sites (tertiary alicyclic amines) is 2. The highest BCUT2D eigenvalue weighted by Gasteiger charge is 2.38. The number of hydrogen-bond acceptors (Lipinski definition) is 5. The van der Waals surface area contributed by atoms with E-state index in [2.05, 4.69) is 10.1 Å². The minimum absolute atomic E-state index is 0.0121. The maximum atomic E-state index is 13.9. The van der Waals surface area contributed by atoms with E-state index in [9.17, 15) is 22.8 Å². The van der Waals surface area contributed by atoms with Gasteiger partial charge in [-0.3, -0.25) is 9.59 Å². The van der Waals surface area contributed by atoms with E-state index in [1.54, 1.807) is 18.7 Å². The summed E-state index contributed by atoms with van der Waals surface area (Å²) < 4.78 is 46.8. The first-order valence-corrected chi connectivity index (χ1v) is 10.6. The lowest BCUT2D eigenvalue weighted by atomic mass is 9.91. The average molecular weight is 438 g/mol. The fourth-order valence-electron chi connectivity index (χ4n) is 4.35. The van der Waals surface area contributed by atoms with E-state index in [0.29, 0.717) is 38.0 Å². The third kappa shape index (κ3) is 4.24. The third-order valence-corrected chi connectivity index (χ3v) is 6.05. The topological polar surface area (TPSA) is 79.5 Å². The van der Waals surface area contributed by atoms with Crippen molar-refractivity contribution in [1.29, 1.82) is 0 Å². The van der Waals surface area contributed by atoms with Crippen LogP contribution in [0.4, 0.5) is 13.2 Å². The maximum Gasteiger partial charge on any atom is 0.417 e. The Labute approximate surface area is 177 Å². The van der Waals surface area contributed by atoms with Crippen molar-refractivity contribution in [3.8, 4) is 0 Å². The minimum atomic E-state index is -4.58. The maximum absolute atomic E-state index is 13.9. The normalized spacial score (nSPS) is 20.3. The van der Waals surface area contributed by atoms with Crippen LogP contribution in [-0.2, 0) is 15.8 Å². The molecule has 0 spiro atoms. The number of alkyl halides is 3. The molecule has 7 nitrogen and oxygen atoms in total. The molecule has 4 heterocycles. The summed E-state index contributed by atoms with van der Waals surface area (Å²) in [7, 11) is 0. The number of amides is 2. The quantitative estimate of drug-likeness (QED) is 0.728. The lowest BCUT2D eigenvalue weighted by Gasteiger charge is -2.33. The lowest BCUT2D eigenvalue weighted by Crippen LogP contribution is -2.45. The van der Waals surface area contributed by atoms with Gasteiger partial charge >= 0.3 is 6.18 Å². The molecule has 2 aliphatic heterocycles. The van der Waals surface area contributed by atoms with Gasteiger partial charge in [-0.15, -0.1) is 0 Å². The molecule has 0 radical (unpaired) electrons. The summed E-state index contributed by atoms with van der Waals surface area (Å²) in [6, 6.07) is 1.07. The number of nitrogens with zero attached hydrogens (tertiary/aromatic N) is 4. The number of hydrogen-bond donors (Lipinski definition) is 0. The fraction of sp³-hybridized carbons (Fsp3) is 0.619. The summed E-state index contributed by atoms with van der Waals surface area (Å²) in [6.07, 6.45) is -2.15. The highest BCUT2D eigenvalue weighted by molar-refractivity contribution is 5.86. The fourth-order valence-corrected chi connectivity index (χ4v) is 4.35. The van der Waals surface area contributed by atoms with Gasteiger partial charge in [0.25, 0.3) is 5.71 Å². The van der Waals surface area contributed by atoms with E-state index in [-0.39, 0.29) is 53.5 Å². The van der Waals surface area contributed by atoms with E-state index < -0.39 is 11.7 Å². The Kier molecular flexibility index (Phi) is 5.65. The Bertz CT molecular complexity index is 1000. The van der Waals surface area contributed by atoms with Crippen LogP contribution in [0.2, 0.25) is 0 Å². The van der Waals surface area contributed by atoms with Crippen LogP contribution in [0.25, 0.3) is 11.1 Å². The molecule has 2 aromatic heterocycles. The summed E-state index contributed by atoms with van der Waals surface area (Å²) in [4.78, 5) is 31.9. The smallest absolute Gasteiger partial charge is 0.340 e. The van der Waals surface area contributed by atoms with Gasteiger partial charge in [0.2, 0.25) is 11.8 Å². The zero-order valence-corrected chi connectivity index (χ0v) is 17.5. The molecule has 10 heteroatoms. The molecular weight excluding hydrogens is 413 g/mol. The molecule has 2 aliphatic rings. The van der Waals surface area contributed by atoms with Crippen LogP contribution >= 0.6 is 0 Å². The van der Waals surface area contributed by atoms with Gasteiger partial charge in [-0.25, -0.2) is 4.98 Å². The van der Waals surface area contributed by atoms with E-state index in [4.69, 9.17) is 4.52 Å². The highest BCUT2D eigenvalue weighted by atomic mass is 19.4. The van der Waals surface area contributed by atoms with Crippen LogP contribution in [0.1, 0.15) is 68.3 Å². The second-order valence-electron chi connectivity index (χ2n) is 8.59. The monoisotopic (exact) mass is 438 g/mol. The molecule has 0 bridgehead atoms. The van der Waals surface area contributed by atoms with E-state index in [1.807, 2.05) is 0 Å². The van der Waals surface area contributed by atoms with Gasteiger partial charge in [0.15, 0.2) is 0 Å². The molecule has 0 N–H and O–H groups in total. The minimum Gasteiger partial charge on any atom is -0.340 e. The summed E-state index contributed by atoms with van der Waals surface area (Å²) in [6.45, 7) is 4.86. The van der Waals surface area contributed by atoms with Crippen LogP contribution in [0.5, 0.6) is 0 Å². The highest BCUT2D eigenvalue weighted by Crippen LogP contribution is 2.40. The molecule has 2 amide bonds. The molecule has 2 fully saturated rings. The Morgan fingerprint density at radius 3 is 2.71 bits per heavy atom. The number of carbonyl (C=O) groups is 2. The van der Waals surface area contributed by atoms with Crippen LogP contribution in [0, 0.1) is 0 Å².